The van der Waals surface area contributed by atoms with Gasteiger partial charge in [0.25, 0.3) is 6.43 Å². The molecule has 18 heavy (non-hydrogen) atoms. The SMILES string of the molecule is C=C/C=C/C(C)=NC(=N)c1cccc(C(F)F)n1. The van der Waals surface area contributed by atoms with Gasteiger partial charge >= 0.3 is 0 Å². The fourth-order valence-corrected chi connectivity index (χ4v) is 1.18. The highest BCUT2D eigenvalue weighted by atomic mass is 19.3. The van der Waals surface area contributed by atoms with Gasteiger partial charge in [-0.05, 0) is 25.1 Å². The van der Waals surface area contributed by atoms with E-state index in [1.54, 1.807) is 25.2 Å². The van der Waals surface area contributed by atoms with E-state index in [4.69, 9.17) is 5.41 Å². The third kappa shape index (κ3) is 4.01. The van der Waals surface area contributed by atoms with Gasteiger partial charge in [0.1, 0.15) is 11.4 Å². The zero-order valence-corrected chi connectivity index (χ0v) is 9.90. The predicted octanol–water partition coefficient (Wildman–Crippen LogP) is 3.55. The zero-order valence-electron chi connectivity index (χ0n) is 9.90. The molecule has 0 aliphatic rings. The normalized spacial score (nSPS) is 12.1. The van der Waals surface area contributed by atoms with E-state index in [2.05, 4.69) is 16.6 Å². The van der Waals surface area contributed by atoms with Crippen molar-refractivity contribution in [3.8, 4) is 0 Å². The van der Waals surface area contributed by atoms with Crippen molar-refractivity contribution in [2.45, 2.75) is 13.3 Å². The molecule has 3 nitrogen and oxygen atoms in total. The van der Waals surface area contributed by atoms with Crippen molar-refractivity contribution in [3.63, 3.8) is 0 Å². The van der Waals surface area contributed by atoms with Gasteiger partial charge in [0, 0.05) is 5.71 Å². The maximum Gasteiger partial charge on any atom is 0.280 e. The van der Waals surface area contributed by atoms with Gasteiger partial charge in [-0.3, -0.25) is 5.41 Å². The Bertz CT molecular complexity index is 505. The quantitative estimate of drug-likeness (QED) is 0.495. The molecule has 0 spiro atoms. The van der Waals surface area contributed by atoms with Crippen molar-refractivity contribution >= 4 is 11.5 Å². The third-order valence-electron chi connectivity index (χ3n) is 2.00. The highest BCUT2D eigenvalue weighted by Crippen LogP contribution is 2.16. The molecule has 94 valence electrons. The molecule has 1 heterocycles. The van der Waals surface area contributed by atoms with Crippen LogP contribution < -0.4 is 0 Å². The van der Waals surface area contributed by atoms with Gasteiger partial charge in [-0.25, -0.2) is 18.8 Å². The molecule has 0 unspecified atom stereocenters. The highest BCUT2D eigenvalue weighted by Gasteiger charge is 2.10. The van der Waals surface area contributed by atoms with Gasteiger partial charge < -0.3 is 0 Å². The average Bonchev–Trinajstić information content (AvgIpc) is 2.36. The summed E-state index contributed by atoms with van der Waals surface area (Å²) < 4.78 is 24.9. The van der Waals surface area contributed by atoms with Crippen molar-refractivity contribution in [2.24, 2.45) is 4.99 Å². The lowest BCUT2D eigenvalue weighted by Gasteiger charge is -2.02. The summed E-state index contributed by atoms with van der Waals surface area (Å²) in [6.07, 6.45) is 2.27. The largest absolute Gasteiger partial charge is 0.281 e. The number of halogens is 2. The summed E-state index contributed by atoms with van der Waals surface area (Å²) in [5.41, 5.74) is 0.343. The van der Waals surface area contributed by atoms with Crippen LogP contribution in [0.2, 0.25) is 0 Å². The minimum Gasteiger partial charge on any atom is -0.281 e. The Balaban J connectivity index is 2.94. The van der Waals surface area contributed by atoms with E-state index in [9.17, 15) is 8.78 Å². The van der Waals surface area contributed by atoms with Crippen molar-refractivity contribution in [1.82, 2.24) is 4.98 Å². The number of hydrogen-bond acceptors (Lipinski definition) is 2. The molecule has 0 saturated heterocycles. The molecule has 0 radical (unpaired) electrons. The topological polar surface area (TPSA) is 49.1 Å². The van der Waals surface area contributed by atoms with Crippen LogP contribution in [0.3, 0.4) is 0 Å². The molecule has 1 N–H and O–H groups in total. The Morgan fingerprint density at radius 2 is 2.22 bits per heavy atom. The van der Waals surface area contributed by atoms with Crippen LogP contribution in [-0.2, 0) is 0 Å². The summed E-state index contributed by atoms with van der Waals surface area (Å²) in [6.45, 7) is 5.21. The number of allylic oxidation sites excluding steroid dienone is 3. The molecular formula is C13H13F2N3. The lowest BCUT2D eigenvalue weighted by atomic mass is 10.3. The summed E-state index contributed by atoms with van der Waals surface area (Å²) in [5, 5.41) is 7.68. The summed E-state index contributed by atoms with van der Waals surface area (Å²) in [4.78, 5) is 7.62. The van der Waals surface area contributed by atoms with E-state index in [1.165, 1.54) is 18.2 Å². The van der Waals surface area contributed by atoms with E-state index in [1.807, 2.05) is 0 Å². The van der Waals surface area contributed by atoms with Crippen LogP contribution in [0.15, 0.2) is 48.0 Å². The van der Waals surface area contributed by atoms with Gasteiger partial charge in [-0.15, -0.1) is 0 Å². The average molecular weight is 249 g/mol. The Kier molecular flexibility index (Phi) is 5.05. The van der Waals surface area contributed by atoms with Crippen LogP contribution in [0.5, 0.6) is 0 Å². The summed E-state index contributed by atoms with van der Waals surface area (Å²) in [7, 11) is 0. The molecule has 0 aliphatic heterocycles. The third-order valence-corrected chi connectivity index (χ3v) is 2.00. The van der Waals surface area contributed by atoms with Gasteiger partial charge in [-0.2, -0.15) is 0 Å². The number of nitrogens with one attached hydrogen (secondary N) is 1. The minimum atomic E-state index is -2.65. The molecule has 0 bridgehead atoms. The second-order valence-electron chi connectivity index (χ2n) is 3.44. The lowest BCUT2D eigenvalue weighted by Crippen LogP contribution is -2.04. The fourth-order valence-electron chi connectivity index (χ4n) is 1.18. The Morgan fingerprint density at radius 3 is 2.83 bits per heavy atom. The number of aromatic nitrogens is 1. The second kappa shape index (κ2) is 6.54. The van der Waals surface area contributed by atoms with Gasteiger partial charge in [0.05, 0.1) is 0 Å². The lowest BCUT2D eigenvalue weighted by molar-refractivity contribution is 0.146. The summed E-state index contributed by atoms with van der Waals surface area (Å²) in [5.74, 6) is -0.149. The fraction of sp³-hybridized carbons (Fsp3) is 0.154. The number of hydrogen-bond donors (Lipinski definition) is 1. The van der Waals surface area contributed by atoms with Crippen molar-refractivity contribution < 1.29 is 8.78 Å². The van der Waals surface area contributed by atoms with Crippen molar-refractivity contribution in [1.29, 1.82) is 5.41 Å². The molecule has 1 rings (SSSR count). The first kappa shape index (κ1) is 13.9. The molecule has 0 fully saturated rings. The van der Waals surface area contributed by atoms with E-state index in [0.717, 1.165) is 0 Å². The number of pyridine rings is 1. The first-order chi connectivity index (χ1) is 8.54. The first-order valence-corrected chi connectivity index (χ1v) is 5.23. The smallest absolute Gasteiger partial charge is 0.280 e. The Morgan fingerprint density at radius 1 is 1.50 bits per heavy atom. The van der Waals surface area contributed by atoms with E-state index in [0.29, 0.717) is 5.71 Å². The molecule has 0 aliphatic carbocycles. The van der Waals surface area contributed by atoms with Gasteiger partial charge in [0.2, 0.25) is 0 Å². The van der Waals surface area contributed by atoms with Crippen molar-refractivity contribution in [3.05, 3.63) is 54.4 Å². The number of rotatable bonds is 4. The molecular weight excluding hydrogens is 236 g/mol. The van der Waals surface area contributed by atoms with Gasteiger partial charge in [0.15, 0.2) is 5.84 Å². The van der Waals surface area contributed by atoms with E-state index in [-0.39, 0.29) is 17.2 Å². The molecule has 0 saturated carbocycles. The Hall–Kier alpha value is -2.17. The van der Waals surface area contributed by atoms with Crippen LogP contribution >= 0.6 is 0 Å². The second-order valence-corrected chi connectivity index (χ2v) is 3.44. The maximum atomic E-state index is 12.4. The molecule has 1 aromatic rings. The van der Waals surface area contributed by atoms with Gasteiger partial charge in [-0.1, -0.05) is 24.8 Å². The van der Waals surface area contributed by atoms with E-state index < -0.39 is 6.43 Å². The predicted molar refractivity (Wildman–Crippen MR) is 68.5 cm³/mol. The molecule has 0 atom stereocenters. The minimum absolute atomic E-state index is 0.124. The van der Waals surface area contributed by atoms with Crippen LogP contribution in [0.1, 0.15) is 24.7 Å². The number of amidine groups is 1. The highest BCUT2D eigenvalue weighted by molar-refractivity contribution is 6.07. The van der Waals surface area contributed by atoms with Crippen LogP contribution in [0, 0.1) is 5.41 Å². The van der Waals surface area contributed by atoms with E-state index >= 15 is 0 Å². The van der Waals surface area contributed by atoms with Crippen molar-refractivity contribution in [2.75, 3.05) is 0 Å². The molecule has 1 aromatic heterocycles. The molecule has 5 heteroatoms. The summed E-state index contributed by atoms with van der Waals surface area (Å²) >= 11 is 0. The molecule has 0 aromatic carbocycles. The van der Waals surface area contributed by atoms with Crippen LogP contribution in [0.4, 0.5) is 8.78 Å². The van der Waals surface area contributed by atoms with Crippen LogP contribution in [-0.4, -0.2) is 16.5 Å². The number of aliphatic imine (C=N–C) groups is 1. The number of nitrogens with zero attached hydrogens (tertiary/aromatic N) is 2. The van der Waals surface area contributed by atoms with Crippen LogP contribution in [0.25, 0.3) is 0 Å². The maximum absolute atomic E-state index is 12.4. The first-order valence-electron chi connectivity index (χ1n) is 5.23. The number of alkyl halides is 2. The zero-order chi connectivity index (χ0) is 13.5. The monoisotopic (exact) mass is 249 g/mol. The molecule has 0 amide bonds. The standard InChI is InChI=1S/C13H13F2N3/c1-3-4-6-9(2)17-13(16)11-8-5-7-10(18-11)12(14)15/h3-8,12,16H,1H2,2H3/b6-4+,16-13?,17-9?. The summed E-state index contributed by atoms with van der Waals surface area (Å²) in [6, 6.07) is 4.13. The Labute approximate surface area is 104 Å².